The van der Waals surface area contributed by atoms with Crippen molar-refractivity contribution in [2.75, 3.05) is 31.1 Å². The minimum Gasteiger partial charge on any atom is -0.357 e. The van der Waals surface area contributed by atoms with Crippen molar-refractivity contribution in [2.45, 2.75) is 46.1 Å². The van der Waals surface area contributed by atoms with E-state index in [0.29, 0.717) is 6.04 Å². The zero-order chi connectivity index (χ0) is 19.8. The van der Waals surface area contributed by atoms with Gasteiger partial charge in [-0.3, -0.25) is 9.98 Å². The monoisotopic (exact) mass is 508 g/mol. The van der Waals surface area contributed by atoms with Crippen LogP contribution in [0.2, 0.25) is 0 Å². The summed E-state index contributed by atoms with van der Waals surface area (Å²) in [5, 5.41) is 6.98. The van der Waals surface area contributed by atoms with Gasteiger partial charge in [-0.15, -0.1) is 24.0 Å². The first-order valence-electron chi connectivity index (χ1n) is 10.3. The molecule has 0 bridgehead atoms. The van der Waals surface area contributed by atoms with E-state index >= 15 is 0 Å². The fourth-order valence-corrected chi connectivity index (χ4v) is 3.41. The fraction of sp³-hybridized carbons (Fsp3) is 0.500. The zero-order valence-electron chi connectivity index (χ0n) is 17.7. The summed E-state index contributed by atoms with van der Waals surface area (Å²) in [6.45, 7) is 9.81. The van der Waals surface area contributed by atoms with Gasteiger partial charge in [-0.2, -0.15) is 0 Å². The summed E-state index contributed by atoms with van der Waals surface area (Å²) < 4.78 is 0. The number of anilines is 1. The van der Waals surface area contributed by atoms with E-state index in [1.165, 1.54) is 5.56 Å². The fourth-order valence-electron chi connectivity index (χ4n) is 3.41. The third kappa shape index (κ3) is 7.45. The normalized spacial score (nSPS) is 15.0. The van der Waals surface area contributed by atoms with Crippen molar-refractivity contribution in [2.24, 2.45) is 4.99 Å². The average molecular weight is 508 g/mol. The van der Waals surface area contributed by atoms with E-state index in [1.807, 2.05) is 26.1 Å². The highest BCUT2D eigenvalue weighted by Crippen LogP contribution is 2.18. The summed E-state index contributed by atoms with van der Waals surface area (Å²) in [7, 11) is 0. The molecule has 0 aliphatic carbocycles. The number of rotatable bonds is 6. The third-order valence-electron chi connectivity index (χ3n) is 5.02. The number of aliphatic imine (C=N–C) groups is 1. The highest BCUT2D eigenvalue weighted by Gasteiger charge is 2.20. The molecule has 1 aliphatic rings. The van der Waals surface area contributed by atoms with Crippen LogP contribution in [0.3, 0.4) is 0 Å². The summed E-state index contributed by atoms with van der Waals surface area (Å²) in [4.78, 5) is 16.1. The van der Waals surface area contributed by atoms with E-state index in [0.717, 1.165) is 68.6 Å². The largest absolute Gasteiger partial charge is 0.357 e. The molecule has 0 saturated carbocycles. The summed E-state index contributed by atoms with van der Waals surface area (Å²) >= 11 is 0. The molecule has 3 heterocycles. The van der Waals surface area contributed by atoms with Gasteiger partial charge in [-0.25, -0.2) is 4.98 Å². The third-order valence-corrected chi connectivity index (χ3v) is 5.02. The molecule has 158 valence electrons. The van der Waals surface area contributed by atoms with Gasteiger partial charge < -0.3 is 15.5 Å². The summed E-state index contributed by atoms with van der Waals surface area (Å²) in [5.41, 5.74) is 3.35. The maximum atomic E-state index is 4.75. The van der Waals surface area contributed by atoms with E-state index in [1.54, 1.807) is 0 Å². The number of hydrogen-bond donors (Lipinski definition) is 2. The predicted molar refractivity (Wildman–Crippen MR) is 131 cm³/mol. The van der Waals surface area contributed by atoms with Crippen LogP contribution in [0.15, 0.2) is 41.5 Å². The molecular weight excluding hydrogens is 475 g/mol. The number of nitrogens with zero attached hydrogens (tertiary/aromatic N) is 4. The molecule has 1 saturated heterocycles. The van der Waals surface area contributed by atoms with Crippen molar-refractivity contribution >= 4 is 35.8 Å². The predicted octanol–water partition coefficient (Wildman–Crippen LogP) is 3.48. The molecule has 0 radical (unpaired) electrons. The summed E-state index contributed by atoms with van der Waals surface area (Å²) in [5.74, 6) is 2.00. The van der Waals surface area contributed by atoms with Crippen LogP contribution in [0.25, 0.3) is 0 Å². The topological polar surface area (TPSA) is 65.4 Å². The lowest BCUT2D eigenvalue weighted by Gasteiger charge is -2.34. The number of nitrogens with one attached hydrogen (secondary N) is 2. The number of aryl methyl sites for hydroxylation is 2. The Labute approximate surface area is 191 Å². The van der Waals surface area contributed by atoms with Crippen LogP contribution in [0, 0.1) is 13.8 Å². The first-order valence-corrected chi connectivity index (χ1v) is 10.3. The van der Waals surface area contributed by atoms with E-state index < -0.39 is 0 Å². The van der Waals surface area contributed by atoms with E-state index in [2.05, 4.69) is 56.7 Å². The van der Waals surface area contributed by atoms with Gasteiger partial charge in [-0.05, 0) is 63.8 Å². The maximum absolute atomic E-state index is 4.75. The average Bonchev–Trinajstić information content (AvgIpc) is 2.70. The lowest BCUT2D eigenvalue weighted by molar-refractivity contribution is 0.459. The molecule has 0 aromatic carbocycles. The second-order valence-electron chi connectivity index (χ2n) is 7.36. The molecule has 2 N–H and O–H groups in total. The van der Waals surface area contributed by atoms with Crippen LogP contribution >= 0.6 is 24.0 Å². The number of halogens is 1. The van der Waals surface area contributed by atoms with Crippen LogP contribution in [-0.2, 0) is 6.42 Å². The van der Waals surface area contributed by atoms with E-state index in [9.17, 15) is 0 Å². The van der Waals surface area contributed by atoms with Crippen molar-refractivity contribution in [1.29, 1.82) is 0 Å². The van der Waals surface area contributed by atoms with Crippen molar-refractivity contribution in [3.8, 4) is 0 Å². The van der Waals surface area contributed by atoms with Crippen molar-refractivity contribution in [3.05, 3.63) is 53.5 Å². The number of pyridine rings is 2. The molecule has 0 atom stereocenters. The Bertz CT molecular complexity index is 769. The molecular formula is C22H33IN6. The number of aromatic nitrogens is 2. The molecule has 0 spiro atoms. The van der Waals surface area contributed by atoms with Gasteiger partial charge >= 0.3 is 0 Å². The van der Waals surface area contributed by atoms with E-state index in [-0.39, 0.29) is 24.0 Å². The standard InChI is InChI=1S/C22H32N6.HI/c1-4-23-22(24-13-10-19-9-8-17(2)25-16-19)27-20-11-14-28(15-12-20)21-7-5-6-18(3)26-21;/h5-9,16,20H,4,10-15H2,1-3H3,(H2,23,24,27);1H. The van der Waals surface area contributed by atoms with Crippen molar-refractivity contribution in [1.82, 2.24) is 20.6 Å². The Hall–Kier alpha value is -1.90. The van der Waals surface area contributed by atoms with Gasteiger partial charge in [0.05, 0.1) is 0 Å². The zero-order valence-corrected chi connectivity index (χ0v) is 20.0. The Morgan fingerprint density at radius 3 is 2.59 bits per heavy atom. The Morgan fingerprint density at radius 2 is 1.93 bits per heavy atom. The molecule has 3 rings (SSSR count). The maximum Gasteiger partial charge on any atom is 0.191 e. The molecule has 1 fully saturated rings. The molecule has 1 aliphatic heterocycles. The molecule has 2 aromatic rings. The van der Waals surface area contributed by atoms with Crippen LogP contribution in [0.1, 0.15) is 36.7 Å². The second-order valence-corrected chi connectivity index (χ2v) is 7.36. The minimum atomic E-state index is 0. The number of guanidine groups is 1. The van der Waals surface area contributed by atoms with Gasteiger partial charge in [0.1, 0.15) is 5.82 Å². The molecule has 7 heteroatoms. The first-order chi connectivity index (χ1) is 13.6. The lowest BCUT2D eigenvalue weighted by atomic mass is 10.1. The molecule has 29 heavy (non-hydrogen) atoms. The number of hydrogen-bond acceptors (Lipinski definition) is 4. The smallest absolute Gasteiger partial charge is 0.191 e. The first kappa shape index (κ1) is 23.4. The van der Waals surface area contributed by atoms with Gasteiger partial charge in [-0.1, -0.05) is 12.1 Å². The van der Waals surface area contributed by atoms with Crippen LogP contribution < -0.4 is 15.5 Å². The van der Waals surface area contributed by atoms with E-state index in [4.69, 9.17) is 4.99 Å². The number of piperidine rings is 1. The van der Waals surface area contributed by atoms with Gasteiger partial charge in [0.15, 0.2) is 5.96 Å². The van der Waals surface area contributed by atoms with Crippen molar-refractivity contribution in [3.63, 3.8) is 0 Å². The summed E-state index contributed by atoms with van der Waals surface area (Å²) in [6.07, 6.45) is 5.02. The quantitative estimate of drug-likeness (QED) is 0.356. The van der Waals surface area contributed by atoms with Crippen LogP contribution in [-0.4, -0.2) is 48.1 Å². The Kier molecular flexibility index (Phi) is 9.63. The van der Waals surface area contributed by atoms with Gasteiger partial charge in [0.2, 0.25) is 0 Å². The second kappa shape index (κ2) is 11.9. The molecule has 0 amide bonds. The minimum absolute atomic E-state index is 0. The molecule has 0 unspecified atom stereocenters. The SMILES string of the molecule is CCNC(=NCCc1ccc(C)nc1)NC1CCN(c2cccc(C)n2)CC1.I. The highest BCUT2D eigenvalue weighted by molar-refractivity contribution is 14.0. The highest BCUT2D eigenvalue weighted by atomic mass is 127. The summed E-state index contributed by atoms with van der Waals surface area (Å²) in [6, 6.07) is 10.9. The Balaban J connectivity index is 0.00000300. The lowest BCUT2D eigenvalue weighted by Crippen LogP contribution is -2.49. The molecule has 2 aromatic heterocycles. The van der Waals surface area contributed by atoms with Gasteiger partial charge in [0, 0.05) is 49.8 Å². The van der Waals surface area contributed by atoms with Gasteiger partial charge in [0.25, 0.3) is 0 Å². The van der Waals surface area contributed by atoms with Crippen molar-refractivity contribution < 1.29 is 0 Å². The Morgan fingerprint density at radius 1 is 1.14 bits per heavy atom. The van der Waals surface area contributed by atoms with Crippen LogP contribution in [0.4, 0.5) is 5.82 Å². The molecule has 6 nitrogen and oxygen atoms in total. The van der Waals surface area contributed by atoms with Crippen LogP contribution in [0.5, 0.6) is 0 Å².